The number of nitrogens with zero attached hydrogens (tertiary/aromatic N) is 1. The topological polar surface area (TPSA) is 50.7 Å². The first-order valence-corrected chi connectivity index (χ1v) is 7.20. The van der Waals surface area contributed by atoms with Crippen LogP contribution in [0.5, 0.6) is 5.75 Å². The first kappa shape index (κ1) is 14.6. The number of carbonyl (C=O) groups excluding carboxylic acids is 1. The molecule has 4 nitrogen and oxygen atoms in total. The van der Waals surface area contributed by atoms with Crippen LogP contribution < -0.4 is 10.2 Å². The number of benzene rings is 1. The Bertz CT molecular complexity index is 612. The van der Waals surface area contributed by atoms with Gasteiger partial charge < -0.3 is 4.74 Å². The highest BCUT2D eigenvalue weighted by Gasteiger charge is 2.04. The fourth-order valence-corrected chi connectivity index (χ4v) is 2.32. The molecule has 2 rings (SSSR count). The van der Waals surface area contributed by atoms with Crippen molar-refractivity contribution in [3.63, 3.8) is 0 Å². The summed E-state index contributed by atoms with van der Waals surface area (Å²) in [5.41, 5.74) is 4.24. The smallest absolute Gasteiger partial charge is 0.277 e. The quantitative estimate of drug-likeness (QED) is 0.681. The van der Waals surface area contributed by atoms with Crippen LogP contribution in [0.25, 0.3) is 0 Å². The van der Waals surface area contributed by atoms with Gasteiger partial charge in [-0.1, -0.05) is 11.6 Å². The van der Waals surface area contributed by atoms with Gasteiger partial charge in [-0.2, -0.15) is 16.4 Å². The number of amides is 1. The van der Waals surface area contributed by atoms with E-state index in [0.29, 0.717) is 10.8 Å². The molecule has 6 heteroatoms. The number of halogens is 1. The van der Waals surface area contributed by atoms with Crippen LogP contribution in [0.4, 0.5) is 0 Å². The lowest BCUT2D eigenvalue weighted by Crippen LogP contribution is -2.24. The number of carbonyl (C=O) groups is 1. The number of nitrogens with one attached hydrogen (secondary N) is 1. The minimum Gasteiger partial charge on any atom is -0.483 e. The Morgan fingerprint density at radius 1 is 1.50 bits per heavy atom. The van der Waals surface area contributed by atoms with E-state index in [2.05, 4.69) is 10.5 Å². The monoisotopic (exact) mass is 308 g/mol. The van der Waals surface area contributed by atoms with Crippen molar-refractivity contribution in [2.45, 2.75) is 6.92 Å². The van der Waals surface area contributed by atoms with Gasteiger partial charge in [0.25, 0.3) is 5.91 Å². The minimum atomic E-state index is -0.314. The zero-order valence-electron chi connectivity index (χ0n) is 10.8. The van der Waals surface area contributed by atoms with Crippen LogP contribution in [0.15, 0.2) is 40.1 Å². The summed E-state index contributed by atoms with van der Waals surface area (Å²) in [4.78, 5) is 11.5. The van der Waals surface area contributed by atoms with E-state index in [1.807, 2.05) is 23.8 Å². The number of hydrogen-bond donors (Lipinski definition) is 1. The SMILES string of the molecule is Cc1cc(Cl)ccc1OCC(=O)N/N=C\c1ccsc1. The van der Waals surface area contributed by atoms with Gasteiger partial charge in [0.1, 0.15) is 5.75 Å². The summed E-state index contributed by atoms with van der Waals surface area (Å²) in [6.07, 6.45) is 1.59. The summed E-state index contributed by atoms with van der Waals surface area (Å²) in [5, 5.41) is 8.36. The summed E-state index contributed by atoms with van der Waals surface area (Å²) in [6, 6.07) is 7.15. The summed E-state index contributed by atoms with van der Waals surface area (Å²) < 4.78 is 5.40. The number of hydrazone groups is 1. The number of ether oxygens (including phenoxy) is 1. The molecule has 1 aromatic carbocycles. The second-order valence-corrected chi connectivity index (χ2v) is 5.26. The second-order valence-electron chi connectivity index (χ2n) is 4.05. The molecule has 0 aliphatic carbocycles. The second kappa shape index (κ2) is 7.07. The van der Waals surface area contributed by atoms with Crippen molar-refractivity contribution in [1.29, 1.82) is 0 Å². The van der Waals surface area contributed by atoms with E-state index in [1.165, 1.54) is 0 Å². The van der Waals surface area contributed by atoms with Crippen molar-refractivity contribution in [3.8, 4) is 5.75 Å². The maximum atomic E-state index is 11.5. The molecule has 20 heavy (non-hydrogen) atoms. The van der Waals surface area contributed by atoms with E-state index in [1.54, 1.807) is 35.8 Å². The third-order valence-electron chi connectivity index (χ3n) is 2.44. The molecular weight excluding hydrogens is 296 g/mol. The summed E-state index contributed by atoms with van der Waals surface area (Å²) >= 11 is 7.41. The van der Waals surface area contributed by atoms with Crippen LogP contribution in [-0.4, -0.2) is 18.7 Å². The third kappa shape index (κ3) is 4.36. The Balaban J connectivity index is 1.80. The fourth-order valence-electron chi connectivity index (χ4n) is 1.48. The molecule has 0 fully saturated rings. The average Bonchev–Trinajstić information content (AvgIpc) is 2.91. The molecule has 1 N–H and O–H groups in total. The molecule has 0 spiro atoms. The molecule has 0 saturated heterocycles. The Morgan fingerprint density at radius 2 is 2.35 bits per heavy atom. The normalized spacial score (nSPS) is 10.7. The number of hydrogen-bond acceptors (Lipinski definition) is 4. The number of aryl methyl sites for hydroxylation is 1. The predicted octanol–water partition coefficient (Wildman–Crippen LogP) is 3.24. The molecule has 0 saturated carbocycles. The van der Waals surface area contributed by atoms with E-state index >= 15 is 0 Å². The lowest BCUT2D eigenvalue weighted by molar-refractivity contribution is -0.123. The molecule has 1 amide bonds. The molecule has 104 valence electrons. The molecule has 0 aliphatic rings. The lowest BCUT2D eigenvalue weighted by atomic mass is 10.2. The zero-order valence-corrected chi connectivity index (χ0v) is 12.4. The Labute approximate surface area is 126 Å². The van der Waals surface area contributed by atoms with Gasteiger partial charge in [0.15, 0.2) is 6.61 Å². The molecule has 0 aliphatic heterocycles. The third-order valence-corrected chi connectivity index (χ3v) is 3.38. The highest BCUT2D eigenvalue weighted by atomic mass is 35.5. The van der Waals surface area contributed by atoms with E-state index in [-0.39, 0.29) is 12.5 Å². The van der Waals surface area contributed by atoms with E-state index in [9.17, 15) is 4.79 Å². The molecule has 1 heterocycles. The largest absolute Gasteiger partial charge is 0.483 e. The maximum Gasteiger partial charge on any atom is 0.277 e. The van der Waals surface area contributed by atoms with Crippen LogP contribution in [0, 0.1) is 6.92 Å². The van der Waals surface area contributed by atoms with Crippen molar-refractivity contribution >= 4 is 35.1 Å². The molecule has 0 bridgehead atoms. The highest BCUT2D eigenvalue weighted by molar-refractivity contribution is 7.08. The maximum absolute atomic E-state index is 11.5. The van der Waals surface area contributed by atoms with Crippen molar-refractivity contribution in [2.75, 3.05) is 6.61 Å². The van der Waals surface area contributed by atoms with Crippen LogP contribution in [0.1, 0.15) is 11.1 Å². The van der Waals surface area contributed by atoms with Gasteiger partial charge in [-0.25, -0.2) is 5.43 Å². The Morgan fingerprint density at radius 3 is 3.05 bits per heavy atom. The van der Waals surface area contributed by atoms with Gasteiger partial charge >= 0.3 is 0 Å². The van der Waals surface area contributed by atoms with E-state index in [4.69, 9.17) is 16.3 Å². The highest BCUT2D eigenvalue weighted by Crippen LogP contribution is 2.21. The Hall–Kier alpha value is -1.85. The molecule has 0 atom stereocenters. The van der Waals surface area contributed by atoms with Crippen LogP contribution in [-0.2, 0) is 4.79 Å². The summed E-state index contributed by atoms with van der Waals surface area (Å²) in [5.74, 6) is 0.317. The van der Waals surface area contributed by atoms with Gasteiger partial charge in [0, 0.05) is 10.6 Å². The molecule has 2 aromatic rings. The lowest BCUT2D eigenvalue weighted by Gasteiger charge is -2.08. The van der Waals surface area contributed by atoms with E-state index < -0.39 is 0 Å². The van der Waals surface area contributed by atoms with Gasteiger partial charge in [-0.05, 0) is 47.5 Å². The van der Waals surface area contributed by atoms with Crippen molar-refractivity contribution in [1.82, 2.24) is 5.43 Å². The zero-order chi connectivity index (χ0) is 14.4. The van der Waals surface area contributed by atoms with Crippen molar-refractivity contribution in [2.24, 2.45) is 5.10 Å². The summed E-state index contributed by atoms with van der Waals surface area (Å²) in [6.45, 7) is 1.78. The number of rotatable bonds is 5. The fraction of sp³-hybridized carbons (Fsp3) is 0.143. The van der Waals surface area contributed by atoms with Crippen molar-refractivity contribution in [3.05, 3.63) is 51.2 Å². The molecule has 1 aromatic heterocycles. The first-order chi connectivity index (χ1) is 9.65. The van der Waals surface area contributed by atoms with Crippen molar-refractivity contribution < 1.29 is 9.53 Å². The standard InChI is InChI=1S/C14H13ClN2O2S/c1-10-6-12(15)2-3-13(10)19-8-14(18)17-16-7-11-4-5-20-9-11/h2-7,9H,8H2,1H3,(H,17,18)/b16-7-. The van der Waals surface area contributed by atoms with Gasteiger partial charge in [-0.3, -0.25) is 4.79 Å². The number of thiophene rings is 1. The van der Waals surface area contributed by atoms with Gasteiger partial charge in [0.2, 0.25) is 0 Å². The average molecular weight is 309 g/mol. The van der Waals surface area contributed by atoms with Crippen LogP contribution in [0.2, 0.25) is 5.02 Å². The van der Waals surface area contributed by atoms with E-state index in [0.717, 1.165) is 11.1 Å². The first-order valence-electron chi connectivity index (χ1n) is 5.88. The molecular formula is C14H13ClN2O2S. The van der Waals surface area contributed by atoms with Crippen LogP contribution >= 0.6 is 22.9 Å². The summed E-state index contributed by atoms with van der Waals surface area (Å²) in [7, 11) is 0. The minimum absolute atomic E-state index is 0.0938. The molecule has 0 unspecified atom stereocenters. The molecule has 0 radical (unpaired) electrons. The Kier molecular flexibility index (Phi) is 5.15. The predicted molar refractivity (Wildman–Crippen MR) is 81.7 cm³/mol. The van der Waals surface area contributed by atoms with Gasteiger partial charge in [0.05, 0.1) is 6.21 Å². The van der Waals surface area contributed by atoms with Crippen LogP contribution in [0.3, 0.4) is 0 Å². The van der Waals surface area contributed by atoms with Gasteiger partial charge in [-0.15, -0.1) is 0 Å².